The largest absolute Gasteiger partial charge is 0.478 e. The summed E-state index contributed by atoms with van der Waals surface area (Å²) in [6, 6.07) is 0. The highest BCUT2D eigenvalue weighted by molar-refractivity contribution is 6.74. The monoisotopic (exact) mass is 328 g/mol. The molecule has 0 aromatic heterocycles. The van der Waals surface area contributed by atoms with Gasteiger partial charge in [0.15, 0.2) is 8.32 Å². The van der Waals surface area contributed by atoms with E-state index in [4.69, 9.17) is 13.9 Å². The first kappa shape index (κ1) is 17.7. The van der Waals surface area contributed by atoms with Gasteiger partial charge in [0.1, 0.15) is 12.2 Å². The standard InChI is InChI=1S/C16H28O5Si/c1-7-10(15(17)18)11-8-19-14-12(9-20-13(11)14)21-22(5,6)16(2,3)4/h12-14H,7-9H2,1-6H3,(H,17,18)/t12-,13-,14-/m1/s1. The van der Waals surface area contributed by atoms with Crippen LogP contribution in [-0.4, -0.2) is 50.9 Å². The quantitative estimate of drug-likeness (QED) is 0.635. The molecule has 2 fully saturated rings. The summed E-state index contributed by atoms with van der Waals surface area (Å²) in [6.07, 6.45) is -0.0601. The van der Waals surface area contributed by atoms with Crippen molar-refractivity contribution in [3.63, 3.8) is 0 Å². The molecule has 2 rings (SSSR count). The molecule has 126 valence electrons. The second-order valence-corrected chi connectivity index (χ2v) is 12.4. The second kappa shape index (κ2) is 6.07. The molecule has 0 bridgehead atoms. The lowest BCUT2D eigenvalue weighted by atomic mass is 10.00. The lowest BCUT2D eigenvalue weighted by Crippen LogP contribution is -2.47. The normalized spacial score (nSPS) is 31.3. The highest BCUT2D eigenvalue weighted by Crippen LogP contribution is 2.41. The summed E-state index contributed by atoms with van der Waals surface area (Å²) in [5.74, 6) is -0.876. The Hall–Kier alpha value is -0.693. The van der Waals surface area contributed by atoms with E-state index >= 15 is 0 Å². The predicted molar refractivity (Wildman–Crippen MR) is 86.5 cm³/mol. The van der Waals surface area contributed by atoms with E-state index < -0.39 is 14.3 Å². The van der Waals surface area contributed by atoms with E-state index in [1.807, 2.05) is 6.92 Å². The van der Waals surface area contributed by atoms with Crippen molar-refractivity contribution in [3.05, 3.63) is 11.1 Å². The van der Waals surface area contributed by atoms with Gasteiger partial charge in [0.25, 0.3) is 0 Å². The molecule has 0 saturated carbocycles. The topological polar surface area (TPSA) is 65.0 Å². The van der Waals surface area contributed by atoms with Crippen LogP contribution in [0.4, 0.5) is 0 Å². The fourth-order valence-corrected chi connectivity index (χ4v) is 4.09. The molecule has 3 atom stereocenters. The van der Waals surface area contributed by atoms with E-state index in [0.29, 0.717) is 25.2 Å². The summed E-state index contributed by atoms with van der Waals surface area (Å²) >= 11 is 0. The Morgan fingerprint density at radius 1 is 1.36 bits per heavy atom. The lowest BCUT2D eigenvalue weighted by Gasteiger charge is -2.39. The number of fused-ring (bicyclic) bond motifs is 1. The third kappa shape index (κ3) is 3.15. The third-order valence-electron chi connectivity index (χ3n) is 5.13. The molecular weight excluding hydrogens is 300 g/mol. The van der Waals surface area contributed by atoms with E-state index in [-0.39, 0.29) is 23.4 Å². The van der Waals surface area contributed by atoms with Crippen LogP contribution in [0.5, 0.6) is 0 Å². The molecule has 6 heteroatoms. The average molecular weight is 328 g/mol. The fraction of sp³-hybridized carbons (Fsp3) is 0.812. The van der Waals surface area contributed by atoms with Crippen LogP contribution in [-0.2, 0) is 18.7 Å². The van der Waals surface area contributed by atoms with E-state index in [9.17, 15) is 9.90 Å². The molecule has 0 unspecified atom stereocenters. The van der Waals surface area contributed by atoms with Crippen LogP contribution in [0.1, 0.15) is 34.1 Å². The third-order valence-corrected chi connectivity index (χ3v) is 9.64. The van der Waals surface area contributed by atoms with Crippen LogP contribution < -0.4 is 0 Å². The molecule has 0 aromatic carbocycles. The summed E-state index contributed by atoms with van der Waals surface area (Å²) in [7, 11) is -1.90. The molecule has 0 radical (unpaired) electrons. The van der Waals surface area contributed by atoms with Gasteiger partial charge >= 0.3 is 5.97 Å². The smallest absolute Gasteiger partial charge is 0.331 e. The Morgan fingerprint density at radius 2 is 2.00 bits per heavy atom. The Bertz CT molecular complexity index is 477. The van der Waals surface area contributed by atoms with Crippen LogP contribution in [0.15, 0.2) is 11.1 Å². The molecule has 5 nitrogen and oxygen atoms in total. The molecule has 2 saturated heterocycles. The SMILES string of the molecule is CCC(C(=O)O)=C1CO[C@H]2[C@@H]1OC[C@H]2O[Si](C)(C)C(C)(C)C. The number of carboxylic acid groups (broad SMARTS) is 1. The molecular formula is C16H28O5Si. The van der Waals surface area contributed by atoms with Crippen molar-refractivity contribution >= 4 is 14.3 Å². The first-order valence-electron chi connectivity index (χ1n) is 7.94. The Kier molecular flexibility index (Phi) is 4.87. The van der Waals surface area contributed by atoms with Gasteiger partial charge in [-0.2, -0.15) is 0 Å². The summed E-state index contributed by atoms with van der Waals surface area (Å²) in [5.41, 5.74) is 1.20. The number of hydrogen-bond acceptors (Lipinski definition) is 4. The minimum absolute atomic E-state index is 0.102. The molecule has 0 aromatic rings. The lowest BCUT2D eigenvalue weighted by molar-refractivity contribution is -0.132. The predicted octanol–water partition coefficient (Wildman–Crippen LogP) is 2.97. The van der Waals surface area contributed by atoms with Gasteiger partial charge in [-0.1, -0.05) is 27.7 Å². The highest BCUT2D eigenvalue weighted by Gasteiger charge is 2.50. The highest BCUT2D eigenvalue weighted by atomic mass is 28.4. The van der Waals surface area contributed by atoms with Gasteiger partial charge in [-0.25, -0.2) is 4.79 Å². The molecule has 0 spiro atoms. The van der Waals surface area contributed by atoms with E-state index in [1.54, 1.807) is 0 Å². The van der Waals surface area contributed by atoms with E-state index in [0.717, 1.165) is 5.57 Å². The van der Waals surface area contributed by atoms with Gasteiger partial charge in [-0.05, 0) is 30.1 Å². The van der Waals surface area contributed by atoms with Crippen molar-refractivity contribution in [2.75, 3.05) is 13.2 Å². The van der Waals surface area contributed by atoms with Crippen LogP contribution in [0.25, 0.3) is 0 Å². The number of hydrogen-bond donors (Lipinski definition) is 1. The summed E-state index contributed by atoms with van der Waals surface area (Å²) < 4.78 is 18.1. The summed E-state index contributed by atoms with van der Waals surface area (Å²) in [5, 5.41) is 9.44. The van der Waals surface area contributed by atoms with Crippen LogP contribution in [0.3, 0.4) is 0 Å². The number of carbonyl (C=O) groups is 1. The number of carboxylic acids is 1. The van der Waals surface area contributed by atoms with Crippen molar-refractivity contribution in [2.45, 2.75) is 70.6 Å². The van der Waals surface area contributed by atoms with Gasteiger partial charge in [0, 0.05) is 5.57 Å². The zero-order valence-corrected chi connectivity index (χ0v) is 15.4. The van der Waals surface area contributed by atoms with Gasteiger partial charge in [0.2, 0.25) is 0 Å². The molecule has 22 heavy (non-hydrogen) atoms. The molecule has 2 heterocycles. The first-order chi connectivity index (χ1) is 10.1. The zero-order valence-electron chi connectivity index (χ0n) is 14.4. The molecule has 0 aliphatic carbocycles. The minimum atomic E-state index is -1.90. The fourth-order valence-electron chi connectivity index (χ4n) is 2.78. The average Bonchev–Trinajstić information content (AvgIpc) is 2.92. The Morgan fingerprint density at radius 3 is 2.50 bits per heavy atom. The van der Waals surface area contributed by atoms with Crippen molar-refractivity contribution in [1.29, 1.82) is 0 Å². The van der Waals surface area contributed by atoms with E-state index in [1.165, 1.54) is 0 Å². The summed E-state index contributed by atoms with van der Waals surface area (Å²) in [4.78, 5) is 11.4. The number of aliphatic carboxylic acids is 1. The van der Waals surface area contributed by atoms with Gasteiger partial charge in [0.05, 0.1) is 19.3 Å². The van der Waals surface area contributed by atoms with Crippen LogP contribution in [0.2, 0.25) is 18.1 Å². The molecule has 2 aliphatic heterocycles. The minimum Gasteiger partial charge on any atom is -0.478 e. The second-order valence-electron chi connectivity index (χ2n) is 7.61. The maximum atomic E-state index is 11.4. The van der Waals surface area contributed by atoms with Crippen molar-refractivity contribution in [3.8, 4) is 0 Å². The van der Waals surface area contributed by atoms with Crippen LogP contribution in [0, 0.1) is 0 Å². The van der Waals surface area contributed by atoms with Gasteiger partial charge in [-0.3, -0.25) is 0 Å². The molecule has 0 amide bonds. The van der Waals surface area contributed by atoms with Crippen molar-refractivity contribution in [2.24, 2.45) is 0 Å². The Balaban J connectivity index is 2.16. The van der Waals surface area contributed by atoms with Crippen LogP contribution >= 0.6 is 0 Å². The number of ether oxygens (including phenoxy) is 2. The zero-order chi connectivity index (χ0) is 16.7. The van der Waals surface area contributed by atoms with Crippen molar-refractivity contribution in [1.82, 2.24) is 0 Å². The summed E-state index contributed by atoms with van der Waals surface area (Å²) in [6.45, 7) is 13.7. The maximum absolute atomic E-state index is 11.4. The van der Waals surface area contributed by atoms with E-state index in [2.05, 4.69) is 33.9 Å². The van der Waals surface area contributed by atoms with Crippen molar-refractivity contribution < 1.29 is 23.8 Å². The molecule has 1 N–H and O–H groups in total. The number of rotatable bonds is 4. The molecule has 2 aliphatic rings. The van der Waals surface area contributed by atoms with Gasteiger partial charge in [-0.15, -0.1) is 0 Å². The first-order valence-corrected chi connectivity index (χ1v) is 10.9. The maximum Gasteiger partial charge on any atom is 0.331 e. The Labute approximate surface area is 133 Å². The van der Waals surface area contributed by atoms with Gasteiger partial charge < -0.3 is 19.0 Å².